The van der Waals surface area contributed by atoms with Crippen LogP contribution in [-0.2, 0) is 25.6 Å². The number of amides is 1. The molecule has 1 atom stereocenters. The summed E-state index contributed by atoms with van der Waals surface area (Å²) in [5.74, 6) is -0.357. The van der Waals surface area contributed by atoms with Crippen molar-refractivity contribution >= 4 is 35.3 Å². The highest BCUT2D eigenvalue weighted by Gasteiger charge is 2.48. The van der Waals surface area contributed by atoms with Crippen molar-refractivity contribution in [2.45, 2.75) is 28.9 Å². The van der Waals surface area contributed by atoms with Gasteiger partial charge in [0.15, 0.2) is 11.5 Å². The molecule has 3 aromatic rings. The van der Waals surface area contributed by atoms with Crippen LogP contribution in [0.5, 0.6) is 28.7 Å². The van der Waals surface area contributed by atoms with E-state index in [1.165, 1.54) is 0 Å². The number of anilines is 1. The quantitative estimate of drug-likeness (QED) is 0.241. The number of benzene rings is 3. The zero-order valence-corrected chi connectivity index (χ0v) is 28.5. The Morgan fingerprint density at radius 2 is 1.45 bits per heavy atom. The fourth-order valence-corrected chi connectivity index (χ4v) is 6.91. The van der Waals surface area contributed by atoms with Gasteiger partial charge in [0.2, 0.25) is 11.7 Å². The molecule has 0 saturated carbocycles. The lowest BCUT2D eigenvalue weighted by atomic mass is 9.89. The van der Waals surface area contributed by atoms with Gasteiger partial charge in [-0.1, -0.05) is 12.1 Å². The lowest BCUT2D eigenvalue weighted by Crippen LogP contribution is -2.46. The molecule has 1 aliphatic rings. The summed E-state index contributed by atoms with van der Waals surface area (Å²) in [6.45, 7) is 1.65. The van der Waals surface area contributed by atoms with E-state index in [-0.39, 0.29) is 5.91 Å². The van der Waals surface area contributed by atoms with Crippen molar-refractivity contribution in [3.63, 3.8) is 0 Å². The maximum absolute atomic E-state index is 14.2. The minimum atomic E-state index is -1.82. The second-order valence-electron chi connectivity index (χ2n) is 10.6. The molecule has 0 aromatic heterocycles. The fraction of sp³-hybridized carbons (Fsp3) is 0.382. The molecule has 0 saturated heterocycles. The van der Waals surface area contributed by atoms with E-state index in [1.54, 1.807) is 52.2 Å². The Kier molecular flexibility index (Phi) is 13.2. The van der Waals surface area contributed by atoms with Gasteiger partial charge in [-0.3, -0.25) is 4.79 Å². The molecule has 47 heavy (non-hydrogen) atoms. The Morgan fingerprint density at radius 3 is 2.00 bits per heavy atom. The van der Waals surface area contributed by atoms with E-state index < -0.39 is 16.7 Å². The number of rotatable bonds is 13. The first-order chi connectivity index (χ1) is 22.5. The van der Waals surface area contributed by atoms with Crippen LogP contribution < -0.4 is 28.6 Å². The molecular formula is C34H42N2O10S. The Hall–Kier alpha value is -4.62. The van der Waals surface area contributed by atoms with Crippen LogP contribution in [0.25, 0.3) is 0 Å². The molecule has 0 radical (unpaired) electrons. The normalized spacial score (nSPS) is 15.2. The van der Waals surface area contributed by atoms with Crippen molar-refractivity contribution in [3.05, 3.63) is 65.7 Å². The Morgan fingerprint density at radius 1 is 0.830 bits per heavy atom. The summed E-state index contributed by atoms with van der Waals surface area (Å²) in [5, 5.41) is 14.8. The van der Waals surface area contributed by atoms with Crippen molar-refractivity contribution in [2.24, 2.45) is 0 Å². The molecule has 0 bridgehead atoms. The largest absolute Gasteiger partial charge is 0.497 e. The fourth-order valence-electron chi connectivity index (χ4n) is 5.33. The maximum Gasteiger partial charge on any atom is 0.414 e. The summed E-state index contributed by atoms with van der Waals surface area (Å²) < 4.78 is 27.0. The van der Waals surface area contributed by atoms with Gasteiger partial charge in [0.1, 0.15) is 16.2 Å². The van der Waals surface area contributed by atoms with E-state index in [0.717, 1.165) is 47.6 Å². The number of aliphatic carboxylic acids is 2. The van der Waals surface area contributed by atoms with E-state index in [2.05, 4.69) is 18.0 Å². The summed E-state index contributed by atoms with van der Waals surface area (Å²) in [7, 11) is 12.1. The van der Waals surface area contributed by atoms with E-state index in [9.17, 15) is 4.79 Å². The molecule has 1 amide bonds. The van der Waals surface area contributed by atoms with Gasteiger partial charge < -0.3 is 43.7 Å². The number of likely N-dealkylation sites (N-methyl/N-ethyl adjacent to an activating group) is 2. The molecule has 3 aromatic carbocycles. The van der Waals surface area contributed by atoms with E-state index >= 15 is 0 Å². The first-order valence-corrected chi connectivity index (χ1v) is 15.5. The van der Waals surface area contributed by atoms with Crippen molar-refractivity contribution in [3.8, 4) is 28.7 Å². The van der Waals surface area contributed by atoms with Crippen molar-refractivity contribution in [1.29, 1.82) is 0 Å². The Bertz CT molecular complexity index is 1530. The molecule has 1 heterocycles. The third kappa shape index (κ3) is 8.60. The van der Waals surface area contributed by atoms with E-state index in [0.29, 0.717) is 35.2 Å². The number of carboxylic acids is 2. The molecule has 254 valence electrons. The molecule has 2 N–H and O–H groups in total. The Labute approximate surface area is 279 Å². The topological polar surface area (TPSA) is 144 Å². The van der Waals surface area contributed by atoms with Gasteiger partial charge >= 0.3 is 11.9 Å². The zero-order valence-electron chi connectivity index (χ0n) is 27.7. The van der Waals surface area contributed by atoms with Crippen molar-refractivity contribution in [2.75, 3.05) is 67.6 Å². The molecular weight excluding hydrogens is 628 g/mol. The van der Waals surface area contributed by atoms with Crippen LogP contribution in [0.3, 0.4) is 0 Å². The molecule has 0 spiro atoms. The highest BCUT2D eigenvalue weighted by atomic mass is 32.2. The van der Waals surface area contributed by atoms with Crippen molar-refractivity contribution < 1.29 is 48.3 Å². The predicted molar refractivity (Wildman–Crippen MR) is 179 cm³/mol. The van der Waals surface area contributed by atoms with Crippen LogP contribution >= 0.6 is 11.8 Å². The van der Waals surface area contributed by atoms with E-state index in [4.69, 9.17) is 43.5 Å². The number of hydrogen-bond donors (Lipinski definition) is 2. The summed E-state index contributed by atoms with van der Waals surface area (Å²) >= 11 is 1.61. The number of ether oxygens (including phenoxy) is 5. The number of para-hydroxylation sites is 1. The standard InChI is InChI=1S/C32H40N2O6S.C2H2O4/c1-33(18-15-22-19-27(38-5)30(40-7)28(20-22)39-6)17-10-16-32(24-21-23(36-3)13-14-26(24)37-4)31(35)34(2)25-11-8-9-12-29(25)41-32;3-1(4)2(5)6/h8-9,11-14,19-21H,10,15-18H2,1-7H3;(H,3,4)(H,5,6). The summed E-state index contributed by atoms with van der Waals surface area (Å²) in [6.07, 6.45) is 2.25. The van der Waals surface area contributed by atoms with Gasteiger partial charge in [0, 0.05) is 24.1 Å². The number of hydrogen-bond acceptors (Lipinski definition) is 10. The third-order valence-corrected chi connectivity index (χ3v) is 9.27. The number of fused-ring (bicyclic) bond motifs is 1. The maximum atomic E-state index is 14.2. The molecule has 13 heteroatoms. The highest BCUT2D eigenvalue weighted by molar-refractivity contribution is 8.01. The molecule has 0 aliphatic carbocycles. The van der Waals surface area contributed by atoms with Gasteiger partial charge in [0.25, 0.3) is 0 Å². The number of carbonyl (C=O) groups is 3. The molecule has 4 rings (SSSR count). The number of carboxylic acid groups (broad SMARTS) is 2. The first kappa shape index (κ1) is 36.8. The number of nitrogens with zero attached hydrogens (tertiary/aromatic N) is 2. The van der Waals surface area contributed by atoms with Crippen LogP contribution in [-0.4, -0.2) is 95.7 Å². The smallest absolute Gasteiger partial charge is 0.414 e. The van der Waals surface area contributed by atoms with Crippen LogP contribution in [0.4, 0.5) is 5.69 Å². The second-order valence-corrected chi connectivity index (χ2v) is 12.0. The van der Waals surface area contributed by atoms with Crippen LogP contribution in [0.15, 0.2) is 59.5 Å². The zero-order chi connectivity index (χ0) is 34.7. The van der Waals surface area contributed by atoms with Gasteiger partial charge in [-0.15, -0.1) is 11.8 Å². The van der Waals surface area contributed by atoms with E-state index in [1.807, 2.05) is 55.6 Å². The first-order valence-electron chi connectivity index (χ1n) is 14.7. The Balaban J connectivity index is 0.000000913. The number of thioether (sulfide) groups is 1. The molecule has 12 nitrogen and oxygen atoms in total. The lowest BCUT2D eigenvalue weighted by molar-refractivity contribution is -0.159. The average molecular weight is 671 g/mol. The monoisotopic (exact) mass is 670 g/mol. The predicted octanol–water partition coefficient (Wildman–Crippen LogP) is 4.80. The van der Waals surface area contributed by atoms with Crippen LogP contribution in [0.2, 0.25) is 0 Å². The third-order valence-electron chi connectivity index (χ3n) is 7.76. The lowest BCUT2D eigenvalue weighted by Gasteiger charge is -2.41. The summed E-state index contributed by atoms with van der Waals surface area (Å²) in [5.41, 5.74) is 2.85. The summed E-state index contributed by atoms with van der Waals surface area (Å²) in [4.78, 5) is 37.5. The van der Waals surface area contributed by atoms with Gasteiger partial charge in [-0.2, -0.15) is 0 Å². The SMILES string of the molecule is COc1ccc(OC)c(C2(CCCN(C)CCc3cc(OC)c(OC)c(OC)c3)Sc3ccccc3N(C)C2=O)c1.O=C(O)C(=O)O. The van der Waals surface area contributed by atoms with Gasteiger partial charge in [-0.25, -0.2) is 9.59 Å². The highest BCUT2D eigenvalue weighted by Crippen LogP contribution is 2.55. The minimum Gasteiger partial charge on any atom is -0.497 e. The van der Waals surface area contributed by atoms with Gasteiger partial charge in [0.05, 0.1) is 41.2 Å². The average Bonchev–Trinajstić information content (AvgIpc) is 3.08. The van der Waals surface area contributed by atoms with Crippen LogP contribution in [0.1, 0.15) is 24.0 Å². The summed E-state index contributed by atoms with van der Waals surface area (Å²) in [6, 6.07) is 17.7. The second kappa shape index (κ2) is 16.8. The van der Waals surface area contributed by atoms with Gasteiger partial charge in [-0.05, 0) is 80.9 Å². The number of methoxy groups -OCH3 is 5. The van der Waals surface area contributed by atoms with Crippen LogP contribution in [0, 0.1) is 0 Å². The van der Waals surface area contributed by atoms with Crippen molar-refractivity contribution in [1.82, 2.24) is 4.90 Å². The molecule has 1 unspecified atom stereocenters. The minimum absolute atomic E-state index is 0.0350. The molecule has 0 fully saturated rings. The number of carbonyl (C=O) groups excluding carboxylic acids is 1. The molecule has 1 aliphatic heterocycles.